The number of nitrogens with one attached hydrogen (secondary N) is 1. The Labute approximate surface area is 139 Å². The van der Waals surface area contributed by atoms with E-state index in [9.17, 15) is 8.42 Å². The van der Waals surface area contributed by atoms with Gasteiger partial charge < -0.3 is 14.4 Å². The lowest BCUT2D eigenvalue weighted by Crippen LogP contribution is -3.13. The molecule has 6 nitrogen and oxygen atoms in total. The van der Waals surface area contributed by atoms with Crippen molar-refractivity contribution in [3.05, 3.63) is 23.8 Å². The minimum Gasteiger partial charge on any atom is -0.493 e. The first-order chi connectivity index (χ1) is 11.0. The fourth-order valence-corrected chi connectivity index (χ4v) is 4.44. The molecule has 0 aliphatic carbocycles. The molecule has 0 amide bonds. The zero-order valence-corrected chi connectivity index (χ0v) is 15.0. The van der Waals surface area contributed by atoms with Gasteiger partial charge in [0.25, 0.3) is 0 Å². The van der Waals surface area contributed by atoms with Crippen LogP contribution >= 0.6 is 0 Å². The predicted octanol–water partition coefficient (Wildman–Crippen LogP) is 0.144. The number of nitrogens with zero attached hydrogens (tertiary/aromatic N) is 1. The Balaban J connectivity index is 1.94. The predicted molar refractivity (Wildman–Crippen MR) is 89.6 cm³/mol. The molecule has 0 radical (unpaired) electrons. The van der Waals surface area contributed by atoms with E-state index in [1.807, 2.05) is 25.1 Å². The molecular formula is C16H27N2O4S+. The summed E-state index contributed by atoms with van der Waals surface area (Å²) in [6.07, 6.45) is 0.668. The van der Waals surface area contributed by atoms with Gasteiger partial charge in [-0.05, 0) is 24.6 Å². The summed E-state index contributed by atoms with van der Waals surface area (Å²) in [5.74, 6) is 1.70. The van der Waals surface area contributed by atoms with Crippen LogP contribution in [-0.4, -0.2) is 58.9 Å². The summed E-state index contributed by atoms with van der Waals surface area (Å²) in [7, 11) is 0.189. The summed E-state index contributed by atoms with van der Waals surface area (Å²) in [5, 5.41) is 0. The number of ether oxygens (including phenoxy) is 2. The van der Waals surface area contributed by atoms with Crippen LogP contribution in [0.3, 0.4) is 0 Å². The molecule has 1 saturated heterocycles. The minimum atomic E-state index is -3.07. The van der Waals surface area contributed by atoms with E-state index in [0.717, 1.165) is 31.1 Å². The molecule has 1 aliphatic heterocycles. The van der Waals surface area contributed by atoms with Crippen molar-refractivity contribution in [2.24, 2.45) is 0 Å². The molecule has 1 fully saturated rings. The molecule has 2 rings (SSSR count). The van der Waals surface area contributed by atoms with E-state index in [-0.39, 0.29) is 5.75 Å². The highest BCUT2D eigenvalue weighted by atomic mass is 32.2. The van der Waals surface area contributed by atoms with E-state index in [0.29, 0.717) is 19.5 Å². The zero-order chi connectivity index (χ0) is 16.9. The molecule has 0 atom stereocenters. The Morgan fingerprint density at radius 1 is 1.13 bits per heavy atom. The summed E-state index contributed by atoms with van der Waals surface area (Å²) in [6.45, 7) is 5.63. The quantitative estimate of drug-likeness (QED) is 0.765. The second kappa shape index (κ2) is 7.99. The fraction of sp³-hybridized carbons (Fsp3) is 0.625. The Kier molecular flexibility index (Phi) is 6.26. The third-order valence-corrected chi connectivity index (χ3v) is 6.26. The molecule has 1 aromatic rings. The van der Waals surface area contributed by atoms with Gasteiger partial charge in [0.15, 0.2) is 11.5 Å². The van der Waals surface area contributed by atoms with E-state index in [1.165, 1.54) is 10.5 Å². The molecule has 0 unspecified atom stereocenters. The summed E-state index contributed by atoms with van der Waals surface area (Å²) in [6, 6.07) is 5.94. The van der Waals surface area contributed by atoms with Crippen molar-refractivity contribution in [1.29, 1.82) is 0 Å². The maximum atomic E-state index is 12.1. The van der Waals surface area contributed by atoms with Gasteiger partial charge in [0, 0.05) is 5.56 Å². The normalized spacial score (nSPS) is 17.2. The van der Waals surface area contributed by atoms with Crippen LogP contribution in [0.2, 0.25) is 0 Å². The van der Waals surface area contributed by atoms with Crippen LogP contribution in [0.1, 0.15) is 18.9 Å². The lowest BCUT2D eigenvalue weighted by molar-refractivity contribution is -0.917. The van der Waals surface area contributed by atoms with Crippen LogP contribution < -0.4 is 14.4 Å². The topological polar surface area (TPSA) is 60.3 Å². The fourth-order valence-electron chi connectivity index (χ4n) is 2.92. The summed E-state index contributed by atoms with van der Waals surface area (Å²) >= 11 is 0. The van der Waals surface area contributed by atoms with Gasteiger partial charge in [0.05, 0.1) is 46.2 Å². The van der Waals surface area contributed by atoms with Gasteiger partial charge in [0.1, 0.15) is 6.54 Å². The number of sulfonamides is 1. The van der Waals surface area contributed by atoms with E-state index >= 15 is 0 Å². The molecule has 0 saturated carbocycles. The number of hydrogen-bond donors (Lipinski definition) is 1. The van der Waals surface area contributed by atoms with Gasteiger partial charge in [-0.1, -0.05) is 6.92 Å². The first-order valence-corrected chi connectivity index (χ1v) is 9.63. The number of benzene rings is 1. The van der Waals surface area contributed by atoms with E-state index in [1.54, 1.807) is 18.5 Å². The van der Waals surface area contributed by atoms with Crippen LogP contribution in [0.15, 0.2) is 18.2 Å². The van der Waals surface area contributed by atoms with Gasteiger partial charge >= 0.3 is 0 Å². The van der Waals surface area contributed by atoms with Gasteiger partial charge in [-0.25, -0.2) is 8.42 Å². The number of quaternary nitrogens is 1. The van der Waals surface area contributed by atoms with Crippen molar-refractivity contribution in [3.8, 4) is 11.5 Å². The van der Waals surface area contributed by atoms with Crippen molar-refractivity contribution >= 4 is 10.0 Å². The lowest BCUT2D eigenvalue weighted by atomic mass is 10.1. The highest BCUT2D eigenvalue weighted by molar-refractivity contribution is 7.89. The highest BCUT2D eigenvalue weighted by Crippen LogP contribution is 2.27. The Hall–Kier alpha value is -1.31. The first-order valence-electron chi connectivity index (χ1n) is 8.02. The smallest absolute Gasteiger partial charge is 0.214 e. The second-order valence-electron chi connectivity index (χ2n) is 5.83. The lowest BCUT2D eigenvalue weighted by Gasteiger charge is -2.31. The molecule has 130 valence electrons. The molecule has 1 aromatic carbocycles. The van der Waals surface area contributed by atoms with Gasteiger partial charge in [-0.2, -0.15) is 4.31 Å². The van der Waals surface area contributed by atoms with E-state index in [2.05, 4.69) is 0 Å². The highest BCUT2D eigenvalue weighted by Gasteiger charge is 2.28. The average molecular weight is 343 g/mol. The average Bonchev–Trinajstić information content (AvgIpc) is 2.55. The largest absolute Gasteiger partial charge is 0.493 e. The second-order valence-corrected chi connectivity index (χ2v) is 7.92. The van der Waals surface area contributed by atoms with Crippen molar-refractivity contribution in [2.75, 3.05) is 46.2 Å². The van der Waals surface area contributed by atoms with E-state index in [4.69, 9.17) is 9.47 Å². The number of rotatable bonds is 7. The van der Waals surface area contributed by atoms with Crippen molar-refractivity contribution < 1.29 is 22.8 Å². The van der Waals surface area contributed by atoms with Crippen molar-refractivity contribution in [1.82, 2.24) is 4.31 Å². The maximum absolute atomic E-state index is 12.1. The summed E-state index contributed by atoms with van der Waals surface area (Å²) in [4.78, 5) is 1.39. The van der Waals surface area contributed by atoms with Gasteiger partial charge in [-0.3, -0.25) is 0 Å². The van der Waals surface area contributed by atoms with Crippen molar-refractivity contribution in [3.63, 3.8) is 0 Å². The molecule has 1 aliphatic rings. The number of methoxy groups -OCH3 is 2. The standard InChI is InChI=1S/C16H26N2O4S/c1-4-11-23(19,20)18-9-7-17(8-10-18)13-14-5-6-15(21-2)16(12-14)22-3/h5-6,12H,4,7-11,13H2,1-3H3/p+1. The monoisotopic (exact) mass is 343 g/mol. The Morgan fingerprint density at radius 3 is 2.35 bits per heavy atom. The van der Waals surface area contributed by atoms with E-state index < -0.39 is 10.0 Å². The third kappa shape index (κ3) is 4.59. The Bertz CT molecular complexity index is 611. The Morgan fingerprint density at radius 2 is 1.78 bits per heavy atom. The van der Waals surface area contributed by atoms with Crippen LogP contribution in [0.5, 0.6) is 11.5 Å². The number of piperazine rings is 1. The van der Waals surface area contributed by atoms with Crippen LogP contribution in [0.4, 0.5) is 0 Å². The number of hydrogen-bond acceptors (Lipinski definition) is 4. The third-order valence-electron chi connectivity index (χ3n) is 4.19. The molecular weight excluding hydrogens is 316 g/mol. The van der Waals surface area contributed by atoms with Crippen LogP contribution in [0.25, 0.3) is 0 Å². The zero-order valence-electron chi connectivity index (χ0n) is 14.2. The first kappa shape index (κ1) is 18.0. The summed E-state index contributed by atoms with van der Waals surface area (Å²) < 4.78 is 36.4. The minimum absolute atomic E-state index is 0.248. The van der Waals surface area contributed by atoms with Crippen LogP contribution in [-0.2, 0) is 16.6 Å². The molecule has 0 aromatic heterocycles. The van der Waals surface area contributed by atoms with Gasteiger partial charge in [-0.15, -0.1) is 0 Å². The SMILES string of the molecule is CCCS(=O)(=O)N1CC[NH+](Cc2ccc(OC)c(OC)c2)CC1. The van der Waals surface area contributed by atoms with Gasteiger partial charge in [0.2, 0.25) is 10.0 Å². The van der Waals surface area contributed by atoms with Crippen LogP contribution in [0, 0.1) is 0 Å². The van der Waals surface area contributed by atoms with Crippen molar-refractivity contribution in [2.45, 2.75) is 19.9 Å². The molecule has 0 spiro atoms. The molecule has 23 heavy (non-hydrogen) atoms. The molecule has 1 N–H and O–H groups in total. The molecule has 7 heteroatoms. The maximum Gasteiger partial charge on any atom is 0.214 e. The molecule has 1 heterocycles. The molecule has 0 bridgehead atoms. The summed E-state index contributed by atoms with van der Waals surface area (Å²) in [5.41, 5.74) is 1.17.